The van der Waals surface area contributed by atoms with E-state index in [0.29, 0.717) is 21.2 Å². The van der Waals surface area contributed by atoms with Gasteiger partial charge in [0.05, 0.1) is 16.9 Å². The third-order valence-electron chi connectivity index (χ3n) is 6.24. The first-order valence-electron chi connectivity index (χ1n) is 11.2. The van der Waals surface area contributed by atoms with Crippen molar-refractivity contribution < 1.29 is 4.79 Å². The van der Waals surface area contributed by atoms with Crippen LogP contribution in [-0.2, 0) is 30.5 Å². The number of benzene rings is 1. The average Bonchev–Trinajstić information content (AvgIpc) is 3.45. The van der Waals surface area contributed by atoms with Crippen LogP contribution in [0.15, 0.2) is 35.4 Å². The molecule has 5 rings (SSSR count). The van der Waals surface area contributed by atoms with E-state index in [9.17, 15) is 15.3 Å². The predicted molar refractivity (Wildman–Crippen MR) is 131 cm³/mol. The van der Waals surface area contributed by atoms with E-state index in [1.165, 1.54) is 28.0 Å². The number of aromatic nitrogens is 1. The van der Waals surface area contributed by atoms with E-state index >= 15 is 0 Å². The van der Waals surface area contributed by atoms with Gasteiger partial charge in [0.2, 0.25) is 5.91 Å². The summed E-state index contributed by atoms with van der Waals surface area (Å²) >= 11 is 2.83. The highest BCUT2D eigenvalue weighted by molar-refractivity contribution is 8.00. The summed E-state index contributed by atoms with van der Waals surface area (Å²) < 4.78 is 0. The zero-order valence-electron chi connectivity index (χ0n) is 18.1. The molecule has 0 unspecified atom stereocenters. The number of nitriles is 2. The molecule has 5 nitrogen and oxygen atoms in total. The van der Waals surface area contributed by atoms with Gasteiger partial charge in [0.25, 0.3) is 0 Å². The summed E-state index contributed by atoms with van der Waals surface area (Å²) in [5.41, 5.74) is 6.45. The van der Waals surface area contributed by atoms with E-state index in [2.05, 4.69) is 17.5 Å². The largest absolute Gasteiger partial charge is 0.316 e. The number of rotatable bonds is 5. The number of pyridine rings is 1. The molecule has 0 bridgehead atoms. The zero-order chi connectivity index (χ0) is 22.8. The van der Waals surface area contributed by atoms with Crippen LogP contribution >= 0.6 is 23.1 Å². The molecule has 0 aliphatic heterocycles. The number of thioether (sulfide) groups is 1. The average molecular weight is 471 g/mol. The number of carbonyl (C=O) groups is 1. The Morgan fingerprint density at radius 1 is 1.00 bits per heavy atom. The summed E-state index contributed by atoms with van der Waals surface area (Å²) in [4.78, 5) is 18.8. The maximum Gasteiger partial charge on any atom is 0.235 e. The summed E-state index contributed by atoms with van der Waals surface area (Å²) in [5, 5.41) is 23.9. The number of amides is 1. The lowest BCUT2D eigenvalue weighted by Gasteiger charge is -2.14. The Balaban J connectivity index is 1.40. The van der Waals surface area contributed by atoms with Gasteiger partial charge in [0, 0.05) is 16.1 Å². The van der Waals surface area contributed by atoms with Crippen molar-refractivity contribution in [2.75, 3.05) is 11.1 Å². The molecular weight excluding hydrogens is 448 g/mol. The number of fused-ring (bicyclic) bond motifs is 2. The minimum Gasteiger partial charge on any atom is -0.316 e. The van der Waals surface area contributed by atoms with Gasteiger partial charge in [-0.3, -0.25) is 4.79 Å². The summed E-state index contributed by atoms with van der Waals surface area (Å²) in [6, 6.07) is 14.6. The Labute approximate surface area is 201 Å². The summed E-state index contributed by atoms with van der Waals surface area (Å²) in [6.45, 7) is 0. The van der Waals surface area contributed by atoms with Gasteiger partial charge >= 0.3 is 0 Å². The molecule has 0 spiro atoms. The van der Waals surface area contributed by atoms with E-state index in [4.69, 9.17) is 4.98 Å². The summed E-state index contributed by atoms with van der Waals surface area (Å²) in [5.74, 6) is -0.0372. The maximum absolute atomic E-state index is 12.8. The molecule has 2 aromatic heterocycles. The van der Waals surface area contributed by atoms with Crippen molar-refractivity contribution in [2.45, 2.75) is 50.0 Å². The Morgan fingerprint density at radius 3 is 2.55 bits per heavy atom. The minimum absolute atomic E-state index is 0.141. The van der Waals surface area contributed by atoms with E-state index in [1.54, 1.807) is 0 Å². The Bertz CT molecular complexity index is 1320. The molecule has 0 saturated heterocycles. The van der Waals surface area contributed by atoms with Gasteiger partial charge in [0.1, 0.15) is 22.2 Å². The molecule has 3 aromatic rings. The van der Waals surface area contributed by atoms with Gasteiger partial charge in [-0.15, -0.1) is 11.3 Å². The molecule has 7 heteroatoms. The number of nitrogens with zero attached hydrogens (tertiary/aromatic N) is 3. The number of hydrogen-bond acceptors (Lipinski definition) is 6. The van der Waals surface area contributed by atoms with Gasteiger partial charge in [0.15, 0.2) is 0 Å². The molecule has 0 fully saturated rings. The molecule has 1 aromatic carbocycles. The van der Waals surface area contributed by atoms with Crippen LogP contribution in [0.1, 0.15) is 52.1 Å². The molecule has 2 heterocycles. The zero-order valence-corrected chi connectivity index (χ0v) is 19.7. The van der Waals surface area contributed by atoms with Crippen LogP contribution in [0.5, 0.6) is 0 Å². The van der Waals surface area contributed by atoms with E-state index in [-0.39, 0.29) is 11.7 Å². The minimum atomic E-state index is -0.178. The van der Waals surface area contributed by atoms with Crippen molar-refractivity contribution in [3.8, 4) is 23.3 Å². The van der Waals surface area contributed by atoms with Gasteiger partial charge in [-0.2, -0.15) is 10.5 Å². The first kappa shape index (κ1) is 21.7. The van der Waals surface area contributed by atoms with Crippen LogP contribution in [0.4, 0.5) is 5.00 Å². The topological polar surface area (TPSA) is 89.6 Å². The number of nitrogens with one attached hydrogen (secondary N) is 1. The molecule has 1 amide bonds. The third-order valence-corrected chi connectivity index (χ3v) is 8.42. The van der Waals surface area contributed by atoms with Crippen molar-refractivity contribution in [3.63, 3.8) is 0 Å². The fourth-order valence-electron chi connectivity index (χ4n) is 4.76. The monoisotopic (exact) mass is 470 g/mol. The molecule has 164 valence electrons. The first-order valence-corrected chi connectivity index (χ1v) is 13.0. The smallest absolute Gasteiger partial charge is 0.235 e. The molecule has 33 heavy (non-hydrogen) atoms. The lowest BCUT2D eigenvalue weighted by Crippen LogP contribution is -2.14. The molecule has 0 saturated carbocycles. The fraction of sp³-hybridized carbons (Fsp3) is 0.308. The molecule has 2 aliphatic carbocycles. The van der Waals surface area contributed by atoms with Gasteiger partial charge in [-0.1, -0.05) is 42.1 Å². The Hall–Kier alpha value is -3.13. The normalized spacial score (nSPS) is 14.1. The highest BCUT2D eigenvalue weighted by Crippen LogP contribution is 2.39. The number of aryl methyl sites for hydroxylation is 2. The predicted octanol–water partition coefficient (Wildman–Crippen LogP) is 5.65. The van der Waals surface area contributed by atoms with Crippen LogP contribution in [-0.4, -0.2) is 16.6 Å². The first-order chi connectivity index (χ1) is 16.2. The van der Waals surface area contributed by atoms with Crippen molar-refractivity contribution in [1.82, 2.24) is 4.98 Å². The molecule has 2 aliphatic rings. The van der Waals surface area contributed by atoms with Crippen LogP contribution in [0.25, 0.3) is 11.1 Å². The summed E-state index contributed by atoms with van der Waals surface area (Å²) in [6.07, 6.45) is 6.96. The van der Waals surface area contributed by atoms with Gasteiger partial charge < -0.3 is 5.32 Å². The lowest BCUT2D eigenvalue weighted by molar-refractivity contribution is -0.113. The SMILES string of the molecule is N#Cc1c(NC(=O)CSc2nc3c(c(-c4ccccc4)c2C#N)CCC3)sc2c1CCCC2. The number of thiophene rings is 1. The van der Waals surface area contributed by atoms with Crippen LogP contribution in [0.3, 0.4) is 0 Å². The van der Waals surface area contributed by atoms with Crippen molar-refractivity contribution in [3.05, 3.63) is 63.2 Å². The number of hydrogen-bond donors (Lipinski definition) is 1. The third kappa shape index (κ3) is 4.15. The number of carbonyl (C=O) groups excluding carboxylic acids is 1. The van der Waals surface area contributed by atoms with E-state index in [0.717, 1.165) is 72.9 Å². The molecule has 1 N–H and O–H groups in total. The Morgan fingerprint density at radius 2 is 1.76 bits per heavy atom. The molecule has 0 radical (unpaired) electrons. The fourth-order valence-corrected chi connectivity index (χ4v) is 6.82. The molecule has 0 atom stereocenters. The number of anilines is 1. The summed E-state index contributed by atoms with van der Waals surface area (Å²) in [7, 11) is 0. The quantitative estimate of drug-likeness (QED) is 0.487. The van der Waals surface area contributed by atoms with Crippen LogP contribution in [0.2, 0.25) is 0 Å². The Kier molecular flexibility index (Phi) is 6.17. The maximum atomic E-state index is 12.8. The molecular formula is C26H22N4OS2. The second-order valence-electron chi connectivity index (χ2n) is 8.29. The van der Waals surface area contributed by atoms with Crippen molar-refractivity contribution in [1.29, 1.82) is 10.5 Å². The highest BCUT2D eigenvalue weighted by Gasteiger charge is 2.25. The highest BCUT2D eigenvalue weighted by atomic mass is 32.2. The van der Waals surface area contributed by atoms with Crippen molar-refractivity contribution in [2.24, 2.45) is 0 Å². The van der Waals surface area contributed by atoms with Gasteiger partial charge in [-0.25, -0.2) is 4.98 Å². The second kappa shape index (κ2) is 9.39. The van der Waals surface area contributed by atoms with Crippen molar-refractivity contribution >= 4 is 34.0 Å². The standard InChI is InChI=1S/C26H22N4OS2/c27-13-19-17-9-4-5-12-22(17)33-26(19)30-23(31)15-32-25-20(14-28)24(16-7-2-1-3-8-16)18-10-6-11-21(18)29-25/h1-3,7-8H,4-6,9-12,15H2,(H,30,31). The van der Waals surface area contributed by atoms with Crippen LogP contribution in [0, 0.1) is 22.7 Å². The van der Waals surface area contributed by atoms with E-state index < -0.39 is 0 Å². The lowest BCUT2D eigenvalue weighted by atomic mass is 9.95. The van der Waals surface area contributed by atoms with Gasteiger partial charge in [-0.05, 0) is 61.6 Å². The second-order valence-corrected chi connectivity index (χ2v) is 10.4. The van der Waals surface area contributed by atoms with E-state index in [1.807, 2.05) is 30.3 Å². The van der Waals surface area contributed by atoms with Crippen LogP contribution < -0.4 is 5.32 Å².